The van der Waals surface area contributed by atoms with Gasteiger partial charge in [-0.1, -0.05) is 38.3 Å². The van der Waals surface area contributed by atoms with Crippen LogP contribution in [0.4, 0.5) is 0 Å². The van der Waals surface area contributed by atoms with Gasteiger partial charge in [0.2, 0.25) is 5.90 Å². The summed E-state index contributed by atoms with van der Waals surface area (Å²) in [5.74, 6) is 0.819. The number of rotatable bonds is 7. The second-order valence-electron chi connectivity index (χ2n) is 6.33. The van der Waals surface area contributed by atoms with Crippen LogP contribution in [0.1, 0.15) is 57.6 Å². The van der Waals surface area contributed by atoms with Crippen LogP contribution in [-0.4, -0.2) is 24.3 Å². The smallest absolute Gasteiger partial charge is 0.217 e. The van der Waals surface area contributed by atoms with E-state index in [1.54, 1.807) is 0 Å². The summed E-state index contributed by atoms with van der Waals surface area (Å²) in [5.41, 5.74) is 2.51. The van der Waals surface area contributed by atoms with Gasteiger partial charge in [-0.15, -0.1) is 11.8 Å². The highest BCUT2D eigenvalue weighted by Crippen LogP contribution is 2.30. The van der Waals surface area contributed by atoms with Crippen molar-refractivity contribution in [2.75, 3.05) is 12.9 Å². The van der Waals surface area contributed by atoms with E-state index in [4.69, 9.17) is 9.73 Å². The fraction of sp³-hybridized carbons (Fsp3) is 0.611. The molecule has 1 aromatic rings. The van der Waals surface area contributed by atoms with Crippen LogP contribution in [0, 0.1) is 0 Å². The molecule has 0 radical (unpaired) electrons. The van der Waals surface area contributed by atoms with E-state index in [1.165, 1.54) is 41.7 Å². The highest BCUT2D eigenvalue weighted by Gasteiger charge is 2.28. The number of aryl methyl sites for hydroxylation is 1. The Morgan fingerprint density at radius 3 is 2.67 bits per heavy atom. The Labute approximate surface area is 133 Å². The van der Waals surface area contributed by atoms with Gasteiger partial charge in [0.25, 0.3) is 0 Å². The minimum Gasteiger partial charge on any atom is -0.475 e. The third kappa shape index (κ3) is 4.26. The summed E-state index contributed by atoms with van der Waals surface area (Å²) in [6.07, 6.45) is 8.51. The molecule has 2 rings (SSSR count). The molecule has 2 nitrogen and oxygen atoms in total. The van der Waals surface area contributed by atoms with Crippen LogP contribution in [0.25, 0.3) is 0 Å². The number of thioether (sulfide) groups is 1. The van der Waals surface area contributed by atoms with E-state index in [0.717, 1.165) is 12.3 Å². The van der Waals surface area contributed by atoms with Gasteiger partial charge in [0.05, 0.1) is 11.1 Å². The lowest BCUT2D eigenvalue weighted by atomic mass is 10.0. The maximum atomic E-state index is 5.83. The summed E-state index contributed by atoms with van der Waals surface area (Å²) in [6, 6.07) is 6.53. The lowest BCUT2D eigenvalue weighted by Gasteiger charge is -2.12. The predicted molar refractivity (Wildman–Crippen MR) is 92.6 cm³/mol. The van der Waals surface area contributed by atoms with Crippen molar-refractivity contribution in [1.29, 1.82) is 0 Å². The Hall–Kier alpha value is -0.960. The number of aliphatic imine (C=N–C) groups is 1. The molecule has 1 aliphatic heterocycles. The predicted octanol–water partition coefficient (Wildman–Crippen LogP) is 5.09. The Balaban J connectivity index is 2.19. The molecule has 1 heterocycles. The van der Waals surface area contributed by atoms with Gasteiger partial charge >= 0.3 is 0 Å². The molecule has 0 aromatic heterocycles. The fourth-order valence-electron chi connectivity index (χ4n) is 2.66. The van der Waals surface area contributed by atoms with E-state index in [2.05, 4.69) is 45.2 Å². The molecular formula is C18H27NOS. The average molecular weight is 305 g/mol. The number of hydrogen-bond acceptors (Lipinski definition) is 3. The van der Waals surface area contributed by atoms with Crippen LogP contribution in [-0.2, 0) is 11.2 Å². The molecule has 0 amide bonds. The fourth-order valence-corrected chi connectivity index (χ4v) is 3.46. The molecule has 0 unspecified atom stereocenters. The zero-order chi connectivity index (χ0) is 15.3. The minimum atomic E-state index is -0.0951. The topological polar surface area (TPSA) is 21.6 Å². The maximum Gasteiger partial charge on any atom is 0.217 e. The number of nitrogens with zero attached hydrogens (tertiary/aromatic N) is 1. The third-order valence-corrected chi connectivity index (χ3v) is 4.69. The second-order valence-corrected chi connectivity index (χ2v) is 7.14. The summed E-state index contributed by atoms with van der Waals surface area (Å²) < 4.78 is 5.83. The Morgan fingerprint density at radius 2 is 2.05 bits per heavy atom. The molecule has 3 heteroatoms. The van der Waals surface area contributed by atoms with Gasteiger partial charge in [0.1, 0.15) is 6.61 Å². The maximum absolute atomic E-state index is 5.83. The van der Waals surface area contributed by atoms with Crippen molar-refractivity contribution in [3.05, 3.63) is 29.3 Å². The van der Waals surface area contributed by atoms with Crippen LogP contribution in [0.3, 0.4) is 0 Å². The molecule has 116 valence electrons. The number of hydrogen-bond donors (Lipinski definition) is 0. The Morgan fingerprint density at radius 1 is 1.24 bits per heavy atom. The van der Waals surface area contributed by atoms with Crippen molar-refractivity contribution in [3.8, 4) is 0 Å². The van der Waals surface area contributed by atoms with Crippen LogP contribution in [0.2, 0.25) is 0 Å². The molecule has 0 saturated carbocycles. The van der Waals surface area contributed by atoms with Gasteiger partial charge in [0.15, 0.2) is 0 Å². The van der Waals surface area contributed by atoms with Gasteiger partial charge in [0, 0.05) is 4.90 Å². The average Bonchev–Trinajstić information content (AvgIpc) is 2.83. The van der Waals surface area contributed by atoms with Crippen LogP contribution >= 0.6 is 11.8 Å². The largest absolute Gasteiger partial charge is 0.475 e. The minimum absolute atomic E-state index is 0.0951. The van der Waals surface area contributed by atoms with Crippen LogP contribution in [0.5, 0.6) is 0 Å². The van der Waals surface area contributed by atoms with E-state index < -0.39 is 0 Å². The highest BCUT2D eigenvalue weighted by atomic mass is 32.2. The van der Waals surface area contributed by atoms with Crippen molar-refractivity contribution < 1.29 is 4.74 Å². The van der Waals surface area contributed by atoms with Crippen molar-refractivity contribution >= 4 is 17.7 Å². The Bertz CT molecular complexity index is 508. The van der Waals surface area contributed by atoms with E-state index in [0.29, 0.717) is 6.61 Å². The van der Waals surface area contributed by atoms with Crippen molar-refractivity contribution in [3.63, 3.8) is 0 Å². The first kappa shape index (κ1) is 16.4. The van der Waals surface area contributed by atoms with E-state index in [1.807, 2.05) is 11.8 Å². The highest BCUT2D eigenvalue weighted by molar-refractivity contribution is 7.98. The summed E-state index contributed by atoms with van der Waals surface area (Å²) in [5, 5.41) is 0. The van der Waals surface area contributed by atoms with Gasteiger partial charge in [-0.3, -0.25) is 0 Å². The molecule has 0 aliphatic carbocycles. The molecular weight excluding hydrogens is 278 g/mol. The normalized spacial score (nSPS) is 16.7. The molecule has 0 N–H and O–H groups in total. The molecule has 1 aliphatic rings. The number of ether oxygens (including phenoxy) is 1. The van der Waals surface area contributed by atoms with Gasteiger partial charge < -0.3 is 4.74 Å². The van der Waals surface area contributed by atoms with Crippen molar-refractivity contribution in [2.24, 2.45) is 4.99 Å². The van der Waals surface area contributed by atoms with Crippen molar-refractivity contribution in [1.82, 2.24) is 0 Å². The molecule has 0 fully saturated rings. The van der Waals surface area contributed by atoms with Crippen LogP contribution < -0.4 is 0 Å². The molecule has 21 heavy (non-hydrogen) atoms. The van der Waals surface area contributed by atoms with Gasteiger partial charge in [-0.25, -0.2) is 4.99 Å². The number of unbranched alkanes of at least 4 members (excludes halogenated alkanes) is 3. The van der Waals surface area contributed by atoms with Gasteiger partial charge in [-0.2, -0.15) is 0 Å². The summed E-state index contributed by atoms with van der Waals surface area (Å²) in [4.78, 5) is 6.07. The van der Waals surface area contributed by atoms with Gasteiger partial charge in [-0.05, 0) is 44.6 Å². The zero-order valence-corrected chi connectivity index (χ0v) is 14.6. The monoisotopic (exact) mass is 305 g/mol. The quantitative estimate of drug-likeness (QED) is 0.517. The summed E-state index contributed by atoms with van der Waals surface area (Å²) in [7, 11) is 0. The van der Waals surface area contributed by atoms with E-state index in [9.17, 15) is 0 Å². The standard InChI is InChI=1S/C18H27NOS/c1-5-6-7-8-10-14-11-9-12-15(16(14)21-4)17-19-18(2,3)13-20-17/h9,11-12H,5-8,10,13H2,1-4H3. The first-order valence-corrected chi connectivity index (χ1v) is 9.19. The van der Waals surface area contributed by atoms with Crippen molar-refractivity contribution in [2.45, 2.75) is 63.3 Å². The molecule has 0 saturated heterocycles. The SMILES string of the molecule is CCCCCCc1cccc(C2=NC(C)(C)CO2)c1SC. The third-order valence-electron chi connectivity index (χ3n) is 3.80. The first-order chi connectivity index (χ1) is 10.1. The zero-order valence-electron chi connectivity index (χ0n) is 13.7. The summed E-state index contributed by atoms with van der Waals surface area (Å²) in [6.45, 7) is 7.17. The Kier molecular flexibility index (Phi) is 5.74. The number of benzene rings is 1. The summed E-state index contributed by atoms with van der Waals surface area (Å²) >= 11 is 1.81. The molecule has 0 bridgehead atoms. The van der Waals surface area contributed by atoms with E-state index >= 15 is 0 Å². The van der Waals surface area contributed by atoms with E-state index in [-0.39, 0.29) is 5.54 Å². The lowest BCUT2D eigenvalue weighted by Crippen LogP contribution is -2.17. The first-order valence-electron chi connectivity index (χ1n) is 7.96. The molecule has 0 spiro atoms. The van der Waals surface area contributed by atoms with Crippen LogP contribution in [0.15, 0.2) is 28.1 Å². The molecule has 1 aromatic carbocycles. The molecule has 0 atom stereocenters. The second kappa shape index (κ2) is 7.35. The lowest BCUT2D eigenvalue weighted by molar-refractivity contribution is 0.279.